The molecule has 0 saturated carbocycles. The maximum absolute atomic E-state index is 14.4. The molecule has 0 saturated heterocycles. The van der Waals surface area contributed by atoms with Crippen molar-refractivity contribution in [2.24, 2.45) is 5.73 Å². The molecule has 3 nitrogen and oxygen atoms in total. The van der Waals surface area contributed by atoms with Crippen LogP contribution in [0.25, 0.3) is 5.57 Å². The Hall–Kier alpha value is -2.17. The lowest BCUT2D eigenvalue weighted by Crippen LogP contribution is -2.24. The van der Waals surface area contributed by atoms with Crippen molar-refractivity contribution >= 4 is 17.2 Å². The van der Waals surface area contributed by atoms with Crippen LogP contribution >= 0.6 is 11.6 Å². The monoisotopic (exact) mass is 372 g/mol. The summed E-state index contributed by atoms with van der Waals surface area (Å²) in [5, 5.41) is 0. The van der Waals surface area contributed by atoms with Crippen molar-refractivity contribution in [2.45, 2.75) is 30.7 Å². The Bertz CT molecular complexity index is 846. The lowest BCUT2D eigenvalue weighted by molar-refractivity contribution is 0.409. The molecule has 0 radical (unpaired) electrons. The Labute approximate surface area is 158 Å². The molecule has 2 unspecified atom stereocenters. The lowest BCUT2D eigenvalue weighted by atomic mass is 9.85. The van der Waals surface area contributed by atoms with Gasteiger partial charge in [-0.15, -0.1) is 11.6 Å². The number of aromatic nitrogens is 1. The average molecular weight is 373 g/mol. The quantitative estimate of drug-likeness (QED) is 0.766. The molecular formula is C21H22ClFN2O. The van der Waals surface area contributed by atoms with Crippen LogP contribution < -0.4 is 10.5 Å². The molecule has 0 amide bonds. The molecule has 0 bridgehead atoms. The Kier molecular flexibility index (Phi) is 5.44. The molecule has 2 atom stereocenters. The highest BCUT2D eigenvalue weighted by molar-refractivity contribution is 6.26. The second-order valence-corrected chi connectivity index (χ2v) is 7.39. The molecule has 1 aromatic heterocycles. The number of pyridine rings is 1. The van der Waals surface area contributed by atoms with E-state index < -0.39 is 4.87 Å². The third-order valence-electron chi connectivity index (χ3n) is 4.51. The van der Waals surface area contributed by atoms with Crippen LogP contribution in [0.3, 0.4) is 0 Å². The molecule has 0 spiro atoms. The largest absolute Gasteiger partial charge is 0.496 e. The first-order valence-electron chi connectivity index (χ1n) is 8.52. The molecule has 1 aliphatic carbocycles. The van der Waals surface area contributed by atoms with Crippen LogP contribution in [-0.4, -0.2) is 17.0 Å². The fourth-order valence-corrected chi connectivity index (χ4v) is 3.57. The topological polar surface area (TPSA) is 48.1 Å². The van der Waals surface area contributed by atoms with Crippen molar-refractivity contribution < 1.29 is 9.13 Å². The normalized spacial score (nSPS) is 20.6. The van der Waals surface area contributed by atoms with Gasteiger partial charge in [-0.25, -0.2) is 4.39 Å². The van der Waals surface area contributed by atoms with Gasteiger partial charge in [0.15, 0.2) is 0 Å². The van der Waals surface area contributed by atoms with Gasteiger partial charge in [0.25, 0.3) is 0 Å². The molecule has 1 heterocycles. The van der Waals surface area contributed by atoms with Crippen LogP contribution in [0.2, 0.25) is 0 Å². The van der Waals surface area contributed by atoms with E-state index in [1.807, 2.05) is 37.3 Å². The van der Waals surface area contributed by atoms with E-state index in [4.69, 9.17) is 22.1 Å². The first-order valence-corrected chi connectivity index (χ1v) is 8.90. The second-order valence-electron chi connectivity index (χ2n) is 6.64. The van der Waals surface area contributed by atoms with Gasteiger partial charge >= 0.3 is 0 Å². The summed E-state index contributed by atoms with van der Waals surface area (Å²) < 4.78 is 19.7. The molecule has 1 aromatic carbocycles. The van der Waals surface area contributed by atoms with Crippen molar-refractivity contribution in [2.75, 3.05) is 7.11 Å². The Morgan fingerprint density at radius 3 is 2.81 bits per heavy atom. The minimum absolute atomic E-state index is 0.105. The van der Waals surface area contributed by atoms with Gasteiger partial charge in [0.2, 0.25) is 0 Å². The summed E-state index contributed by atoms with van der Waals surface area (Å²) in [6.07, 6.45) is 8.60. The van der Waals surface area contributed by atoms with E-state index in [0.717, 1.165) is 16.8 Å². The highest BCUT2D eigenvalue weighted by Gasteiger charge is 2.30. The van der Waals surface area contributed by atoms with Crippen molar-refractivity contribution in [1.82, 2.24) is 4.98 Å². The maximum Gasteiger partial charge on any atom is 0.134 e. The fourth-order valence-electron chi connectivity index (χ4n) is 3.20. The van der Waals surface area contributed by atoms with E-state index >= 15 is 0 Å². The number of alkyl halides is 1. The molecule has 0 aliphatic heterocycles. The Morgan fingerprint density at radius 2 is 2.15 bits per heavy atom. The van der Waals surface area contributed by atoms with E-state index in [-0.39, 0.29) is 11.9 Å². The predicted molar refractivity (Wildman–Crippen MR) is 104 cm³/mol. The minimum Gasteiger partial charge on any atom is -0.496 e. The standard InChI is InChI=1S/C21H22ClFN2O/c1-14(24)18-9-8-15(13-25-18)11-21(22)10-4-5-16(12-21)20-17(23)6-3-7-19(20)26-2/h3-10,13-14H,11-12,24H2,1-2H3. The number of benzene rings is 1. The number of nitrogens with zero attached hydrogens (tertiary/aromatic N) is 1. The van der Waals surface area contributed by atoms with E-state index in [2.05, 4.69) is 4.98 Å². The van der Waals surface area contributed by atoms with Crippen LogP contribution in [0.4, 0.5) is 4.39 Å². The van der Waals surface area contributed by atoms with Gasteiger partial charge in [-0.2, -0.15) is 0 Å². The zero-order chi connectivity index (χ0) is 18.7. The summed E-state index contributed by atoms with van der Waals surface area (Å²) in [5.74, 6) is 0.196. The first-order chi connectivity index (χ1) is 12.4. The first kappa shape index (κ1) is 18.6. The van der Waals surface area contributed by atoms with Crippen LogP contribution in [0.1, 0.15) is 36.2 Å². The zero-order valence-corrected chi connectivity index (χ0v) is 15.6. The van der Waals surface area contributed by atoms with Gasteiger partial charge in [0, 0.05) is 12.2 Å². The molecule has 2 N–H and O–H groups in total. The van der Waals surface area contributed by atoms with Crippen molar-refractivity contribution in [3.05, 3.63) is 77.4 Å². The van der Waals surface area contributed by atoms with Crippen LogP contribution in [0.5, 0.6) is 5.75 Å². The SMILES string of the molecule is COc1cccc(F)c1C1=CC=CC(Cl)(Cc2ccc(C(C)N)nc2)C1. The van der Waals surface area contributed by atoms with Crippen molar-refractivity contribution in [1.29, 1.82) is 0 Å². The molecule has 1 aliphatic rings. The number of hydrogen-bond donors (Lipinski definition) is 1. The van der Waals surface area contributed by atoms with Crippen LogP contribution in [0.15, 0.2) is 54.8 Å². The second kappa shape index (κ2) is 7.60. The van der Waals surface area contributed by atoms with Crippen molar-refractivity contribution in [3.8, 4) is 5.75 Å². The number of methoxy groups -OCH3 is 1. The third kappa shape index (κ3) is 3.97. The molecule has 5 heteroatoms. The number of nitrogens with two attached hydrogens (primary N) is 1. The minimum atomic E-state index is -0.644. The Balaban J connectivity index is 1.83. The summed E-state index contributed by atoms with van der Waals surface area (Å²) in [6, 6.07) is 8.63. The third-order valence-corrected chi connectivity index (χ3v) is 4.90. The van der Waals surface area contributed by atoms with Crippen LogP contribution in [0, 0.1) is 5.82 Å². The number of rotatable bonds is 5. The molecule has 0 fully saturated rings. The van der Waals surface area contributed by atoms with E-state index in [1.54, 1.807) is 18.3 Å². The molecular weight excluding hydrogens is 351 g/mol. The Morgan fingerprint density at radius 1 is 1.35 bits per heavy atom. The fraction of sp³-hybridized carbons (Fsp3) is 0.286. The molecule has 2 aromatic rings. The van der Waals surface area contributed by atoms with E-state index in [0.29, 0.717) is 24.2 Å². The highest BCUT2D eigenvalue weighted by atomic mass is 35.5. The highest BCUT2D eigenvalue weighted by Crippen LogP contribution is 2.40. The number of allylic oxidation sites excluding steroid dienone is 4. The summed E-state index contributed by atoms with van der Waals surface area (Å²) in [4.78, 5) is 3.75. The van der Waals surface area contributed by atoms with Gasteiger partial charge in [-0.1, -0.05) is 30.4 Å². The summed E-state index contributed by atoms with van der Waals surface area (Å²) in [6.45, 7) is 1.90. The summed E-state index contributed by atoms with van der Waals surface area (Å²) in [7, 11) is 1.54. The van der Waals surface area contributed by atoms with Gasteiger partial charge in [-0.3, -0.25) is 4.98 Å². The zero-order valence-electron chi connectivity index (χ0n) is 14.9. The average Bonchev–Trinajstić information content (AvgIpc) is 2.61. The van der Waals surface area contributed by atoms with Gasteiger partial charge < -0.3 is 10.5 Å². The maximum atomic E-state index is 14.4. The number of ether oxygens (including phenoxy) is 1. The lowest BCUT2D eigenvalue weighted by Gasteiger charge is -2.28. The van der Waals surface area contributed by atoms with Gasteiger partial charge in [-0.05, 0) is 49.1 Å². The van der Waals surface area contributed by atoms with Gasteiger partial charge in [0.05, 0.1) is 23.2 Å². The number of halogens is 2. The molecule has 3 rings (SSSR count). The molecule has 26 heavy (non-hydrogen) atoms. The van der Waals surface area contributed by atoms with E-state index in [1.165, 1.54) is 13.2 Å². The molecule has 136 valence electrons. The summed E-state index contributed by atoms with van der Waals surface area (Å²) in [5.41, 5.74) is 8.98. The van der Waals surface area contributed by atoms with Crippen LogP contribution in [-0.2, 0) is 6.42 Å². The van der Waals surface area contributed by atoms with Gasteiger partial charge in [0.1, 0.15) is 11.6 Å². The summed E-state index contributed by atoms with van der Waals surface area (Å²) >= 11 is 6.86. The van der Waals surface area contributed by atoms with E-state index in [9.17, 15) is 4.39 Å². The predicted octanol–water partition coefficient (Wildman–Crippen LogP) is 4.81. The smallest absolute Gasteiger partial charge is 0.134 e. The van der Waals surface area contributed by atoms with Crippen molar-refractivity contribution in [3.63, 3.8) is 0 Å². The number of hydrogen-bond acceptors (Lipinski definition) is 3.